The maximum absolute atomic E-state index is 12.7. The Hall–Kier alpha value is -0.900. The summed E-state index contributed by atoms with van der Waals surface area (Å²) in [6.07, 6.45) is 2.49. The Morgan fingerprint density at radius 1 is 1.27 bits per heavy atom. The lowest BCUT2D eigenvalue weighted by Crippen LogP contribution is -2.71. The molecule has 3 rings (SSSR count). The highest BCUT2D eigenvalue weighted by Crippen LogP contribution is 2.41. The summed E-state index contributed by atoms with van der Waals surface area (Å²) in [5.74, 6) is -0.0551. The summed E-state index contributed by atoms with van der Waals surface area (Å²) in [7, 11) is -3.22. The number of rotatable bonds is 7. The van der Waals surface area contributed by atoms with Crippen LogP contribution in [-0.2, 0) is 10.0 Å². The number of nitrogens with zero attached hydrogens (tertiary/aromatic N) is 2. The first-order valence-electron chi connectivity index (χ1n) is 10.3. The van der Waals surface area contributed by atoms with Gasteiger partial charge in [-0.05, 0) is 37.8 Å². The van der Waals surface area contributed by atoms with Gasteiger partial charge in [-0.2, -0.15) is 4.31 Å². The molecule has 1 heterocycles. The summed E-state index contributed by atoms with van der Waals surface area (Å²) in [5, 5.41) is 2.75. The third kappa shape index (κ3) is 5.11. The quantitative estimate of drug-likeness (QED) is 0.461. The van der Waals surface area contributed by atoms with E-state index in [2.05, 4.69) is 10.2 Å². The molecule has 2 aliphatic rings. The van der Waals surface area contributed by atoms with Gasteiger partial charge >= 0.3 is 0 Å². The third-order valence-corrected chi connectivity index (χ3v) is 8.79. The Morgan fingerprint density at radius 2 is 1.90 bits per heavy atom. The van der Waals surface area contributed by atoms with E-state index in [0.29, 0.717) is 38.2 Å². The van der Waals surface area contributed by atoms with Crippen LogP contribution < -0.4 is 11.1 Å². The van der Waals surface area contributed by atoms with Crippen LogP contribution in [-0.4, -0.2) is 72.5 Å². The van der Waals surface area contributed by atoms with Crippen molar-refractivity contribution in [2.75, 3.05) is 31.9 Å². The van der Waals surface area contributed by atoms with Crippen LogP contribution in [0.4, 0.5) is 0 Å². The first-order valence-corrected chi connectivity index (χ1v) is 12.3. The van der Waals surface area contributed by atoms with E-state index >= 15 is 0 Å². The predicted molar refractivity (Wildman–Crippen MR) is 123 cm³/mol. The molecule has 1 saturated carbocycles. The number of nitrogens with two attached hydrogens (primary N) is 1. The molecule has 1 aromatic carbocycles. The highest BCUT2D eigenvalue weighted by molar-refractivity contribution is 7.89. The standard InChI is InChI=1S/C20H31ClN4O3S.ClH/c1-2-15-29(27,28)25-13-11-24(12-14-25)20(10-6-9-17(20)21)19(22)23-18(26)16-7-4-3-5-8-16;/h3-5,7-8,17,19H,2,6,9-15,22H2,1H3,(H,23,26);1H. The lowest BCUT2D eigenvalue weighted by atomic mass is 9.89. The fourth-order valence-corrected chi connectivity index (χ4v) is 6.61. The minimum atomic E-state index is -3.22. The Bertz CT molecular complexity index is 804. The van der Waals surface area contributed by atoms with Crippen molar-refractivity contribution in [3.63, 3.8) is 0 Å². The number of carbonyl (C=O) groups is 1. The average molecular weight is 479 g/mol. The molecule has 2 fully saturated rings. The van der Waals surface area contributed by atoms with E-state index in [4.69, 9.17) is 17.3 Å². The van der Waals surface area contributed by atoms with Crippen LogP contribution in [0.2, 0.25) is 0 Å². The number of sulfonamides is 1. The van der Waals surface area contributed by atoms with Gasteiger partial charge in [-0.25, -0.2) is 8.42 Å². The molecule has 1 amide bonds. The van der Waals surface area contributed by atoms with E-state index in [1.54, 1.807) is 16.4 Å². The Labute approximate surface area is 190 Å². The van der Waals surface area contributed by atoms with Crippen molar-refractivity contribution in [2.24, 2.45) is 5.73 Å². The Balaban J connectivity index is 0.00000320. The van der Waals surface area contributed by atoms with Crippen molar-refractivity contribution < 1.29 is 13.2 Å². The zero-order valence-corrected chi connectivity index (χ0v) is 19.7. The highest BCUT2D eigenvalue weighted by Gasteiger charge is 2.52. The van der Waals surface area contributed by atoms with Crippen molar-refractivity contribution >= 4 is 39.9 Å². The predicted octanol–water partition coefficient (Wildman–Crippen LogP) is 2.01. The van der Waals surface area contributed by atoms with Crippen molar-refractivity contribution in [3.8, 4) is 0 Å². The monoisotopic (exact) mass is 478 g/mol. The van der Waals surface area contributed by atoms with Gasteiger partial charge in [0.25, 0.3) is 5.91 Å². The second kappa shape index (κ2) is 10.6. The molecule has 1 aliphatic heterocycles. The molecular weight excluding hydrogens is 447 g/mol. The molecule has 1 saturated heterocycles. The van der Waals surface area contributed by atoms with E-state index in [1.165, 1.54) is 0 Å². The summed E-state index contributed by atoms with van der Waals surface area (Å²) in [4.78, 5) is 14.9. The van der Waals surface area contributed by atoms with Crippen LogP contribution in [0.5, 0.6) is 0 Å². The molecule has 0 aromatic heterocycles. The average Bonchev–Trinajstić information content (AvgIpc) is 3.11. The fourth-order valence-electron chi connectivity index (χ4n) is 4.58. The smallest absolute Gasteiger partial charge is 0.252 e. The first kappa shape index (κ1) is 25.4. The lowest BCUT2D eigenvalue weighted by Gasteiger charge is -2.50. The molecule has 10 heteroatoms. The number of amides is 1. The molecule has 30 heavy (non-hydrogen) atoms. The minimum absolute atomic E-state index is 0. The largest absolute Gasteiger partial charge is 0.335 e. The number of carbonyl (C=O) groups excluding carboxylic acids is 1. The van der Waals surface area contributed by atoms with Gasteiger partial charge in [0.15, 0.2) is 0 Å². The zero-order valence-electron chi connectivity index (χ0n) is 17.3. The number of halogens is 2. The van der Waals surface area contributed by atoms with Gasteiger partial charge in [-0.1, -0.05) is 25.1 Å². The van der Waals surface area contributed by atoms with Gasteiger partial charge in [0.05, 0.1) is 22.8 Å². The molecule has 3 N–H and O–H groups in total. The van der Waals surface area contributed by atoms with Gasteiger partial charge in [0.1, 0.15) is 0 Å². The van der Waals surface area contributed by atoms with E-state index in [-0.39, 0.29) is 29.4 Å². The highest BCUT2D eigenvalue weighted by atomic mass is 35.5. The van der Waals surface area contributed by atoms with Crippen molar-refractivity contribution in [1.29, 1.82) is 0 Å². The minimum Gasteiger partial charge on any atom is -0.335 e. The zero-order chi connectivity index (χ0) is 21.1. The molecule has 1 aromatic rings. The number of benzene rings is 1. The maximum atomic E-state index is 12.7. The summed E-state index contributed by atoms with van der Waals surface area (Å²) in [5.41, 5.74) is 6.53. The second-order valence-corrected chi connectivity index (χ2v) is 10.5. The number of hydrogen-bond acceptors (Lipinski definition) is 5. The van der Waals surface area contributed by atoms with Crippen molar-refractivity contribution in [2.45, 2.75) is 49.7 Å². The van der Waals surface area contributed by atoms with Gasteiger partial charge in [-0.3, -0.25) is 9.69 Å². The molecule has 3 unspecified atom stereocenters. The van der Waals surface area contributed by atoms with Crippen LogP contribution >= 0.6 is 24.0 Å². The molecular formula is C20H32Cl2N4O3S. The summed E-state index contributed by atoms with van der Waals surface area (Å²) in [6, 6.07) is 8.98. The lowest BCUT2D eigenvalue weighted by molar-refractivity contribution is 0.0300. The normalized spacial score (nSPS) is 26.7. The molecule has 0 bridgehead atoms. The molecule has 7 nitrogen and oxygen atoms in total. The summed E-state index contributed by atoms with van der Waals surface area (Å²) < 4.78 is 26.3. The van der Waals surface area contributed by atoms with Crippen LogP contribution in [0.15, 0.2) is 30.3 Å². The van der Waals surface area contributed by atoms with E-state index in [1.807, 2.05) is 25.1 Å². The summed E-state index contributed by atoms with van der Waals surface area (Å²) >= 11 is 6.76. The number of piperazine rings is 1. The van der Waals surface area contributed by atoms with Gasteiger partial charge in [-0.15, -0.1) is 24.0 Å². The molecule has 3 atom stereocenters. The van der Waals surface area contributed by atoms with Crippen molar-refractivity contribution in [1.82, 2.24) is 14.5 Å². The number of alkyl halides is 1. The van der Waals surface area contributed by atoms with Gasteiger partial charge in [0, 0.05) is 31.7 Å². The topological polar surface area (TPSA) is 95.7 Å². The third-order valence-electron chi connectivity index (χ3n) is 6.12. The van der Waals surface area contributed by atoms with Gasteiger partial charge < -0.3 is 11.1 Å². The molecule has 0 radical (unpaired) electrons. The van der Waals surface area contributed by atoms with Crippen LogP contribution in [0.1, 0.15) is 43.0 Å². The Morgan fingerprint density at radius 3 is 2.43 bits per heavy atom. The SMILES string of the molecule is CCCS(=O)(=O)N1CCN(C2(C(N)NC(=O)c3ccccc3)CCCC2Cl)CC1.Cl. The molecule has 170 valence electrons. The second-order valence-electron chi connectivity index (χ2n) is 7.87. The fraction of sp³-hybridized carbons (Fsp3) is 0.650. The van der Waals surface area contributed by atoms with E-state index in [0.717, 1.165) is 19.3 Å². The van der Waals surface area contributed by atoms with Crippen molar-refractivity contribution in [3.05, 3.63) is 35.9 Å². The molecule has 0 spiro atoms. The molecule has 1 aliphatic carbocycles. The number of nitrogens with one attached hydrogen (secondary N) is 1. The van der Waals surface area contributed by atoms with Crippen LogP contribution in [0.25, 0.3) is 0 Å². The van der Waals surface area contributed by atoms with Gasteiger partial charge in [0.2, 0.25) is 10.0 Å². The van der Waals surface area contributed by atoms with Crippen LogP contribution in [0.3, 0.4) is 0 Å². The van der Waals surface area contributed by atoms with Crippen LogP contribution in [0, 0.1) is 0 Å². The Kier molecular flexibility index (Phi) is 8.97. The number of hydrogen-bond donors (Lipinski definition) is 2. The van der Waals surface area contributed by atoms with E-state index < -0.39 is 21.7 Å². The summed E-state index contributed by atoms with van der Waals surface area (Å²) in [6.45, 7) is 3.83. The van der Waals surface area contributed by atoms with E-state index in [9.17, 15) is 13.2 Å². The maximum Gasteiger partial charge on any atom is 0.252 e. The first-order chi connectivity index (χ1) is 13.8.